The molecule has 3 heterocycles. The molecule has 3 fully saturated rings. The van der Waals surface area contributed by atoms with E-state index in [2.05, 4.69) is 24.0 Å². The molecule has 6 rings (SSSR count). The molecule has 1 aromatic carbocycles. The molecule has 33 heavy (non-hydrogen) atoms. The highest BCUT2D eigenvalue weighted by Gasteiger charge is 2.69. The molecule has 7 nitrogen and oxygen atoms in total. The van der Waals surface area contributed by atoms with Crippen LogP contribution in [-0.4, -0.2) is 44.6 Å². The average Bonchev–Trinajstić information content (AvgIpc) is 3.49. The molecule has 4 aliphatic rings. The maximum absolute atomic E-state index is 13.4. The fraction of sp³-hybridized carbons (Fsp3) is 0.500. The van der Waals surface area contributed by atoms with Crippen molar-refractivity contribution in [2.45, 2.75) is 42.4 Å². The van der Waals surface area contributed by atoms with E-state index in [0.717, 1.165) is 16.3 Å². The molecule has 2 aliphatic carbocycles. The number of carbonyl (C=O) groups excluding carboxylic acids is 2. The van der Waals surface area contributed by atoms with Crippen molar-refractivity contribution in [3.8, 4) is 0 Å². The Hall–Kier alpha value is -2.39. The molecule has 2 amide bonds. The van der Waals surface area contributed by atoms with Crippen LogP contribution in [0.15, 0.2) is 34.1 Å². The zero-order valence-electron chi connectivity index (χ0n) is 18.0. The Labute approximate surface area is 198 Å². The number of hydrogen-bond acceptors (Lipinski definition) is 6. The molecule has 172 valence electrons. The number of likely N-dealkylation sites (tertiary alicyclic amines) is 1. The van der Waals surface area contributed by atoms with Crippen LogP contribution in [-0.2, 0) is 14.4 Å². The number of amides is 2. The van der Waals surface area contributed by atoms with Crippen molar-refractivity contribution in [2.75, 3.05) is 6.54 Å². The summed E-state index contributed by atoms with van der Waals surface area (Å²) in [5, 5.41) is 10.0. The quantitative estimate of drug-likeness (QED) is 0.632. The lowest BCUT2D eigenvalue weighted by Crippen LogP contribution is -2.42. The van der Waals surface area contributed by atoms with Crippen molar-refractivity contribution in [3.63, 3.8) is 0 Å². The summed E-state index contributed by atoms with van der Waals surface area (Å²) in [5.74, 6) is -1.39. The molecule has 0 unspecified atom stereocenters. The summed E-state index contributed by atoms with van der Waals surface area (Å²) in [6.07, 6.45) is 1.09. The number of aryl methyl sites for hydroxylation is 1. The molecular formula is C24H24N2O5S2. The van der Waals surface area contributed by atoms with Crippen LogP contribution >= 0.6 is 23.1 Å². The van der Waals surface area contributed by atoms with Crippen molar-refractivity contribution >= 4 is 40.9 Å². The predicted octanol–water partition coefficient (Wildman–Crippen LogP) is 3.08. The van der Waals surface area contributed by atoms with Gasteiger partial charge in [0.05, 0.1) is 16.9 Å². The Morgan fingerprint density at radius 3 is 2.61 bits per heavy atom. The van der Waals surface area contributed by atoms with E-state index in [1.54, 1.807) is 11.8 Å². The molecule has 2 saturated carbocycles. The fourth-order valence-corrected chi connectivity index (χ4v) is 9.85. The molecule has 0 spiro atoms. The first kappa shape index (κ1) is 21.2. The van der Waals surface area contributed by atoms with Gasteiger partial charge in [-0.2, -0.15) is 0 Å². The van der Waals surface area contributed by atoms with Gasteiger partial charge in [-0.15, -0.1) is 11.8 Å². The lowest BCUT2D eigenvalue weighted by molar-refractivity contribution is -0.142. The number of imide groups is 1. The second-order valence-electron chi connectivity index (χ2n) is 9.64. The standard InChI is InChI=1S/C24H24N2O5S2/c1-10-5-2-3-6-11(10)15-16-12-9-13(19(16)32-21-20(15)33-24(31)25-21)18-17(12)22(29)26(23(18)30)8-4-7-14(27)28/h2-3,5-6,12-13,15-19H,4,7-9H2,1H3,(H,25,31)(H,27,28)/t12-,13+,15-,16+,17+,18+,19-/m1/s1. The number of carboxylic acids is 1. The van der Waals surface area contributed by atoms with Gasteiger partial charge in [-0.05, 0) is 48.6 Å². The highest BCUT2D eigenvalue weighted by molar-refractivity contribution is 8.00. The molecule has 1 aromatic heterocycles. The minimum Gasteiger partial charge on any atom is -0.481 e. The number of nitrogens with one attached hydrogen (secondary N) is 1. The molecule has 2 aromatic rings. The zero-order chi connectivity index (χ0) is 23.0. The molecule has 0 radical (unpaired) electrons. The number of carboxylic acid groups (broad SMARTS) is 1. The van der Waals surface area contributed by atoms with Gasteiger partial charge in [0.2, 0.25) is 11.8 Å². The van der Waals surface area contributed by atoms with Crippen LogP contribution in [0, 0.1) is 36.5 Å². The van der Waals surface area contributed by atoms with E-state index in [1.807, 2.05) is 12.1 Å². The zero-order valence-corrected chi connectivity index (χ0v) is 19.7. The van der Waals surface area contributed by atoms with Gasteiger partial charge in [0, 0.05) is 29.0 Å². The van der Waals surface area contributed by atoms with E-state index < -0.39 is 5.97 Å². The number of H-pyrrole nitrogens is 1. The smallest absolute Gasteiger partial charge is 0.305 e. The van der Waals surface area contributed by atoms with Crippen LogP contribution in [0.2, 0.25) is 0 Å². The van der Waals surface area contributed by atoms with Crippen molar-refractivity contribution < 1.29 is 19.5 Å². The van der Waals surface area contributed by atoms with E-state index in [9.17, 15) is 19.2 Å². The number of fused-ring (bicyclic) bond motifs is 9. The maximum Gasteiger partial charge on any atom is 0.305 e. The summed E-state index contributed by atoms with van der Waals surface area (Å²) in [5.41, 5.74) is 2.37. The molecule has 7 atom stereocenters. The van der Waals surface area contributed by atoms with E-state index in [4.69, 9.17) is 5.11 Å². The predicted molar refractivity (Wildman–Crippen MR) is 123 cm³/mol. The van der Waals surface area contributed by atoms with E-state index in [0.29, 0.717) is 0 Å². The first-order valence-corrected chi connectivity index (χ1v) is 13.1. The largest absolute Gasteiger partial charge is 0.481 e. The normalized spacial score (nSPS) is 33.8. The van der Waals surface area contributed by atoms with Crippen molar-refractivity contribution in [1.29, 1.82) is 0 Å². The lowest BCUT2D eigenvalue weighted by Gasteiger charge is -2.43. The Morgan fingerprint density at radius 2 is 1.88 bits per heavy atom. The number of aliphatic carboxylic acids is 1. The highest BCUT2D eigenvalue weighted by atomic mass is 32.2. The number of thiazole rings is 1. The third kappa shape index (κ3) is 3.01. The topological polar surface area (TPSA) is 108 Å². The fourth-order valence-electron chi connectivity index (χ4n) is 6.97. The Bertz CT molecular complexity index is 1240. The van der Waals surface area contributed by atoms with Crippen LogP contribution in [0.1, 0.15) is 41.2 Å². The van der Waals surface area contributed by atoms with Gasteiger partial charge in [0.1, 0.15) is 0 Å². The first-order valence-electron chi connectivity index (χ1n) is 11.4. The van der Waals surface area contributed by atoms with E-state index in [-0.39, 0.29) is 76.8 Å². The summed E-state index contributed by atoms with van der Waals surface area (Å²) < 4.78 is 0. The molecule has 2 N–H and O–H groups in total. The second kappa shape index (κ2) is 7.56. The number of thioether (sulfide) groups is 1. The van der Waals surface area contributed by atoms with Crippen molar-refractivity contribution in [3.05, 3.63) is 49.9 Å². The molecule has 2 bridgehead atoms. The van der Waals surface area contributed by atoms with Crippen LogP contribution in [0.4, 0.5) is 0 Å². The third-order valence-electron chi connectivity index (χ3n) is 8.11. The number of carbonyl (C=O) groups is 3. The van der Waals surface area contributed by atoms with E-state index >= 15 is 0 Å². The van der Waals surface area contributed by atoms with Gasteiger partial charge >= 0.3 is 10.8 Å². The van der Waals surface area contributed by atoms with E-state index in [1.165, 1.54) is 27.4 Å². The average molecular weight is 485 g/mol. The summed E-state index contributed by atoms with van der Waals surface area (Å²) >= 11 is 2.96. The highest BCUT2D eigenvalue weighted by Crippen LogP contribution is 2.68. The maximum atomic E-state index is 13.4. The van der Waals surface area contributed by atoms with Crippen LogP contribution in [0.3, 0.4) is 0 Å². The van der Waals surface area contributed by atoms with Gasteiger partial charge in [-0.3, -0.25) is 24.1 Å². The number of nitrogens with zero attached hydrogens (tertiary/aromatic N) is 1. The van der Waals surface area contributed by atoms with Gasteiger partial charge in [0.25, 0.3) is 0 Å². The number of hydrogen-bond donors (Lipinski definition) is 2. The molecular weight excluding hydrogens is 460 g/mol. The van der Waals surface area contributed by atoms with Gasteiger partial charge in [0.15, 0.2) is 0 Å². The number of aromatic amines is 1. The van der Waals surface area contributed by atoms with Gasteiger partial charge in [-0.1, -0.05) is 35.6 Å². The SMILES string of the molecule is Cc1ccccc1[C@H]1c2sc(=O)[nH]c2S[C@@H]2[C@H]3C[C@@H]([C@@H]4C(=O)N(CCCC(=O)O)C(=O)[C@@H]34)[C@@H]12. The number of benzene rings is 1. The van der Waals surface area contributed by atoms with Crippen LogP contribution in [0.5, 0.6) is 0 Å². The number of aromatic nitrogens is 1. The summed E-state index contributed by atoms with van der Waals surface area (Å²) in [4.78, 5) is 55.2. The minimum atomic E-state index is -0.919. The summed E-state index contributed by atoms with van der Waals surface area (Å²) in [7, 11) is 0. The monoisotopic (exact) mass is 484 g/mol. The van der Waals surface area contributed by atoms with Crippen molar-refractivity contribution in [1.82, 2.24) is 9.88 Å². The summed E-state index contributed by atoms with van der Waals surface area (Å²) in [6, 6.07) is 8.26. The Kier molecular flexibility index (Phi) is 4.85. The van der Waals surface area contributed by atoms with Gasteiger partial charge < -0.3 is 10.1 Å². The minimum absolute atomic E-state index is 0.0383. The summed E-state index contributed by atoms with van der Waals surface area (Å²) in [6.45, 7) is 2.27. The number of rotatable bonds is 5. The third-order valence-corrected chi connectivity index (χ3v) is 10.7. The lowest BCUT2D eigenvalue weighted by atomic mass is 9.67. The second-order valence-corrected chi connectivity index (χ2v) is 11.8. The first-order chi connectivity index (χ1) is 15.9. The van der Waals surface area contributed by atoms with Crippen molar-refractivity contribution in [2.24, 2.45) is 29.6 Å². The Morgan fingerprint density at radius 1 is 1.15 bits per heavy atom. The molecule has 2 aliphatic heterocycles. The molecule has 1 saturated heterocycles. The molecule has 9 heteroatoms. The van der Waals surface area contributed by atoms with Gasteiger partial charge in [-0.25, -0.2) is 0 Å². The Balaban J connectivity index is 1.39. The van der Waals surface area contributed by atoms with Crippen LogP contribution < -0.4 is 4.87 Å². The van der Waals surface area contributed by atoms with Crippen LogP contribution in [0.25, 0.3) is 0 Å².